The van der Waals surface area contributed by atoms with Gasteiger partial charge in [0.2, 0.25) is 17.5 Å². The first-order valence-corrected chi connectivity index (χ1v) is 10.9. The first-order valence-electron chi connectivity index (χ1n) is 10.9. The highest BCUT2D eigenvalue weighted by atomic mass is 19.4. The van der Waals surface area contributed by atoms with Crippen LogP contribution < -0.4 is 10.6 Å². The lowest BCUT2D eigenvalue weighted by molar-refractivity contribution is -0.137. The maximum atomic E-state index is 13.9. The van der Waals surface area contributed by atoms with Gasteiger partial charge in [-0.05, 0) is 5.56 Å². The molecule has 13 heteroatoms. The quantitative estimate of drug-likeness (QED) is 0.324. The predicted molar refractivity (Wildman–Crippen MR) is 122 cm³/mol. The van der Waals surface area contributed by atoms with Gasteiger partial charge in [0, 0.05) is 31.1 Å². The molecular weight excluding hydrogens is 495 g/mol. The summed E-state index contributed by atoms with van der Waals surface area (Å²) in [5, 5.41) is 22.4. The topological polar surface area (TPSA) is 143 Å². The van der Waals surface area contributed by atoms with Crippen LogP contribution in [0.2, 0.25) is 0 Å². The van der Waals surface area contributed by atoms with Crippen molar-refractivity contribution in [3.8, 4) is 34.3 Å². The van der Waals surface area contributed by atoms with Crippen LogP contribution in [0.1, 0.15) is 23.7 Å². The maximum Gasteiger partial charge on any atom is 0.422 e. The Labute approximate surface area is 207 Å². The van der Waals surface area contributed by atoms with Gasteiger partial charge in [-0.15, -0.1) is 0 Å². The summed E-state index contributed by atoms with van der Waals surface area (Å²) < 4.78 is 51.7. The van der Waals surface area contributed by atoms with Crippen molar-refractivity contribution in [3.63, 3.8) is 0 Å². The molecule has 10 nitrogen and oxygen atoms in total. The number of alkyl halides is 3. The number of aromatic nitrogens is 3. The van der Waals surface area contributed by atoms with Crippen LogP contribution in [0.15, 0.2) is 63.6 Å². The van der Waals surface area contributed by atoms with Crippen LogP contribution in [0, 0.1) is 0 Å². The normalized spacial score (nSPS) is 12.2. The molecular formula is C24H20F3N5O5. The van der Waals surface area contributed by atoms with E-state index in [-0.39, 0.29) is 35.8 Å². The molecule has 0 radical (unpaired) electrons. The molecule has 4 rings (SSSR count). The molecule has 3 N–H and O–H groups in total. The number of aliphatic hydroxyl groups is 1. The third-order valence-corrected chi connectivity index (χ3v) is 5.31. The van der Waals surface area contributed by atoms with Crippen LogP contribution in [0.5, 0.6) is 0 Å². The van der Waals surface area contributed by atoms with Crippen molar-refractivity contribution in [1.29, 1.82) is 0 Å². The van der Waals surface area contributed by atoms with Crippen molar-refractivity contribution in [3.05, 3.63) is 65.7 Å². The molecule has 2 aromatic carbocycles. The molecule has 0 bridgehead atoms. The minimum atomic E-state index is -4.81. The van der Waals surface area contributed by atoms with Crippen LogP contribution in [0.3, 0.4) is 0 Å². The number of nitrogens with one attached hydrogen (secondary N) is 2. The Bertz CT molecular complexity index is 1380. The first kappa shape index (κ1) is 25.6. The van der Waals surface area contributed by atoms with Crippen molar-refractivity contribution in [1.82, 2.24) is 25.9 Å². The lowest BCUT2D eigenvalue weighted by atomic mass is 10.1. The fraction of sp³-hybridized carbons (Fsp3) is 0.208. The van der Waals surface area contributed by atoms with Gasteiger partial charge in [-0.3, -0.25) is 9.59 Å². The van der Waals surface area contributed by atoms with Gasteiger partial charge in [0.1, 0.15) is 11.3 Å². The highest BCUT2D eigenvalue weighted by Crippen LogP contribution is 2.43. The Balaban J connectivity index is 1.53. The minimum absolute atomic E-state index is 0.0446. The lowest BCUT2D eigenvalue weighted by Crippen LogP contribution is -2.32. The second kappa shape index (κ2) is 10.6. The van der Waals surface area contributed by atoms with Crippen molar-refractivity contribution >= 4 is 11.8 Å². The van der Waals surface area contributed by atoms with Crippen molar-refractivity contribution in [2.24, 2.45) is 0 Å². The van der Waals surface area contributed by atoms with Crippen molar-refractivity contribution < 1.29 is 36.9 Å². The number of rotatable bonds is 8. The zero-order chi connectivity index (χ0) is 26.6. The molecule has 0 saturated carbocycles. The van der Waals surface area contributed by atoms with E-state index in [1.165, 1.54) is 43.4 Å². The number of aliphatic hydroxyl groups excluding tert-OH is 1. The highest BCUT2D eigenvalue weighted by molar-refractivity contribution is 5.83. The Morgan fingerprint density at radius 3 is 2.35 bits per heavy atom. The largest absolute Gasteiger partial charge is 0.422 e. The molecule has 0 aliphatic heterocycles. The average molecular weight is 515 g/mol. The number of halogens is 3. The molecule has 0 spiro atoms. The fourth-order valence-electron chi connectivity index (χ4n) is 3.41. The molecule has 1 unspecified atom stereocenters. The summed E-state index contributed by atoms with van der Waals surface area (Å²) in [5.74, 6) is -2.24. The van der Waals surface area contributed by atoms with Crippen LogP contribution in [-0.4, -0.2) is 45.8 Å². The molecule has 0 saturated heterocycles. The summed E-state index contributed by atoms with van der Waals surface area (Å²) in [5.41, 5.74) is -0.754. The number of benzene rings is 2. The average Bonchev–Trinajstić information content (AvgIpc) is 3.56. The van der Waals surface area contributed by atoms with Gasteiger partial charge in [-0.1, -0.05) is 64.9 Å². The number of hydrogen-bond acceptors (Lipinski definition) is 8. The summed E-state index contributed by atoms with van der Waals surface area (Å²) in [7, 11) is 1.47. The summed E-state index contributed by atoms with van der Waals surface area (Å²) in [6.45, 7) is 0.0484. The third kappa shape index (κ3) is 5.67. The van der Waals surface area contributed by atoms with Crippen LogP contribution >= 0.6 is 0 Å². The van der Waals surface area contributed by atoms with E-state index in [0.717, 1.165) is 0 Å². The summed E-state index contributed by atoms with van der Waals surface area (Å²) in [4.78, 5) is 27.3. The smallest absolute Gasteiger partial charge is 0.378 e. The molecule has 0 aliphatic rings. The van der Waals surface area contributed by atoms with Crippen molar-refractivity contribution in [2.45, 2.75) is 18.7 Å². The first-order chi connectivity index (χ1) is 17.7. The van der Waals surface area contributed by atoms with Gasteiger partial charge >= 0.3 is 6.18 Å². The molecule has 37 heavy (non-hydrogen) atoms. The number of hydrogen-bond donors (Lipinski definition) is 3. The third-order valence-electron chi connectivity index (χ3n) is 5.31. The summed E-state index contributed by atoms with van der Waals surface area (Å²) in [6, 6.07) is 13.5. The molecule has 4 aromatic rings. The van der Waals surface area contributed by atoms with Gasteiger partial charge in [-0.25, -0.2) is 0 Å². The second-order valence-corrected chi connectivity index (χ2v) is 7.76. The van der Waals surface area contributed by atoms with Gasteiger partial charge in [0.25, 0.3) is 11.8 Å². The zero-order valence-electron chi connectivity index (χ0n) is 19.2. The minimum Gasteiger partial charge on any atom is -0.378 e. The molecule has 1 atom stereocenters. The number of nitrogens with zero attached hydrogens (tertiary/aromatic N) is 3. The molecule has 2 amide bonds. The maximum absolute atomic E-state index is 13.9. The van der Waals surface area contributed by atoms with E-state index in [0.29, 0.717) is 5.56 Å². The Hall–Kier alpha value is -4.52. The number of carbonyl (C=O) groups excluding carboxylic acids is 2. The second-order valence-electron chi connectivity index (χ2n) is 7.76. The SMILES string of the molecule is CNC(=O)CCNC(=O)C(O)c1ccc(-c2noc(-c3onc(-c4ccccc4)c3C(F)(F)F)n2)cc1. The van der Waals surface area contributed by atoms with E-state index in [9.17, 15) is 27.9 Å². The van der Waals surface area contributed by atoms with Gasteiger partial charge < -0.3 is 24.8 Å². The predicted octanol–water partition coefficient (Wildman–Crippen LogP) is 3.36. The van der Waals surface area contributed by atoms with E-state index in [2.05, 4.69) is 25.9 Å². The van der Waals surface area contributed by atoms with Crippen LogP contribution in [0.4, 0.5) is 13.2 Å². The molecule has 0 fully saturated rings. The standard InChI is InChI=1S/C24H20F3N5O5/c1-28-16(33)11-12-29-22(35)19(34)14-7-9-15(10-8-14)21-30-23(37-32-21)20-17(24(25,26)27)18(31-36-20)13-5-3-2-4-6-13/h2-10,19,34H,11-12H2,1H3,(H,28,33)(H,29,35). The monoisotopic (exact) mass is 515 g/mol. The Kier molecular flexibility index (Phi) is 7.34. The van der Waals surface area contributed by atoms with E-state index in [1.807, 2.05) is 0 Å². The molecule has 2 aromatic heterocycles. The number of carbonyl (C=O) groups is 2. The van der Waals surface area contributed by atoms with E-state index in [4.69, 9.17) is 9.05 Å². The van der Waals surface area contributed by atoms with Crippen LogP contribution in [0.25, 0.3) is 34.3 Å². The summed E-state index contributed by atoms with van der Waals surface area (Å²) in [6.07, 6.45) is -6.25. The van der Waals surface area contributed by atoms with Gasteiger partial charge in [0.05, 0.1) is 0 Å². The fourth-order valence-corrected chi connectivity index (χ4v) is 3.41. The van der Waals surface area contributed by atoms with Gasteiger partial charge in [-0.2, -0.15) is 18.2 Å². The van der Waals surface area contributed by atoms with Gasteiger partial charge in [0.15, 0.2) is 6.10 Å². The van der Waals surface area contributed by atoms with E-state index >= 15 is 0 Å². The lowest BCUT2D eigenvalue weighted by Gasteiger charge is -2.11. The van der Waals surface area contributed by atoms with E-state index < -0.39 is 41.1 Å². The Morgan fingerprint density at radius 1 is 1.00 bits per heavy atom. The molecule has 0 aliphatic carbocycles. The molecule has 192 valence electrons. The van der Waals surface area contributed by atoms with Crippen molar-refractivity contribution in [2.75, 3.05) is 13.6 Å². The molecule has 2 heterocycles. The van der Waals surface area contributed by atoms with Crippen LogP contribution in [-0.2, 0) is 15.8 Å². The number of amides is 2. The van der Waals surface area contributed by atoms with E-state index in [1.54, 1.807) is 18.2 Å². The highest BCUT2D eigenvalue weighted by Gasteiger charge is 2.43. The Morgan fingerprint density at radius 2 is 1.70 bits per heavy atom. The zero-order valence-corrected chi connectivity index (χ0v) is 19.2. The summed E-state index contributed by atoms with van der Waals surface area (Å²) >= 11 is 0.